The van der Waals surface area contributed by atoms with Gasteiger partial charge in [-0.15, -0.1) is 16.5 Å². The monoisotopic (exact) mass is 150 g/mol. The highest BCUT2D eigenvalue weighted by atomic mass is 16.5. The van der Waals surface area contributed by atoms with E-state index in [4.69, 9.17) is 11.3 Å². The van der Waals surface area contributed by atoms with E-state index in [2.05, 4.69) is 19.8 Å². The molecule has 0 N–H and O–H groups in total. The van der Waals surface area contributed by atoms with Gasteiger partial charge in [-0.3, -0.25) is 0 Å². The summed E-state index contributed by atoms with van der Waals surface area (Å²) in [5.74, 6) is 0.584. The Balaban J connectivity index is 2.85. The first-order chi connectivity index (χ1) is 5.36. The molecule has 0 aliphatic heterocycles. The van der Waals surface area contributed by atoms with Crippen molar-refractivity contribution in [1.29, 1.82) is 0 Å². The van der Waals surface area contributed by atoms with Crippen LogP contribution in [0.25, 0.3) is 4.85 Å². The first kappa shape index (κ1) is 7.57. The summed E-state index contributed by atoms with van der Waals surface area (Å²) >= 11 is 0. The van der Waals surface area contributed by atoms with Crippen LogP contribution in [-0.2, 0) is 11.3 Å². The molecule has 0 saturated heterocycles. The Morgan fingerprint density at radius 2 is 2.45 bits per heavy atom. The maximum absolute atomic E-state index is 6.60. The van der Waals surface area contributed by atoms with E-state index in [0.717, 1.165) is 0 Å². The molecule has 1 aromatic heterocycles. The molecule has 1 heterocycles. The van der Waals surface area contributed by atoms with Crippen molar-refractivity contribution in [2.45, 2.75) is 6.61 Å². The minimum atomic E-state index is 0.104. The highest BCUT2D eigenvalue weighted by Crippen LogP contribution is 2.00. The second kappa shape index (κ2) is 3.58. The van der Waals surface area contributed by atoms with Crippen LogP contribution in [0.15, 0.2) is 6.33 Å². The van der Waals surface area contributed by atoms with Crippen LogP contribution in [0.5, 0.6) is 0 Å². The zero-order valence-corrected chi connectivity index (χ0v) is 5.98. The van der Waals surface area contributed by atoms with E-state index >= 15 is 0 Å². The van der Waals surface area contributed by atoms with Gasteiger partial charge < -0.3 is 9.58 Å². The third-order valence-corrected chi connectivity index (χ3v) is 0.982. The fourth-order valence-corrected chi connectivity index (χ4v) is 0.573. The molecule has 5 nitrogen and oxygen atoms in total. The quantitative estimate of drug-likeness (QED) is 0.578. The highest BCUT2D eigenvalue weighted by molar-refractivity contribution is 5.22. The van der Waals surface area contributed by atoms with E-state index in [9.17, 15) is 0 Å². The maximum Gasteiger partial charge on any atom is 0.374 e. The van der Waals surface area contributed by atoms with E-state index in [1.807, 2.05) is 0 Å². The number of hydrogen-bond acceptors (Lipinski definition) is 4. The van der Waals surface area contributed by atoms with E-state index in [-0.39, 0.29) is 5.95 Å². The maximum atomic E-state index is 6.60. The molecule has 0 aromatic carbocycles. The number of methoxy groups -OCH3 is 1. The van der Waals surface area contributed by atoms with Crippen molar-refractivity contribution in [3.63, 3.8) is 0 Å². The molecule has 11 heavy (non-hydrogen) atoms. The number of rotatable bonds is 2. The van der Waals surface area contributed by atoms with Crippen LogP contribution in [0.3, 0.4) is 0 Å². The Hall–Kier alpha value is -1.54. The summed E-state index contributed by atoms with van der Waals surface area (Å²) in [6.07, 6.45) is 1.30. The molecular weight excluding hydrogens is 144 g/mol. The van der Waals surface area contributed by atoms with Gasteiger partial charge in [0.05, 0.1) is 0 Å². The van der Waals surface area contributed by atoms with E-state index in [1.54, 1.807) is 7.11 Å². The molecule has 0 bridgehead atoms. The van der Waals surface area contributed by atoms with Gasteiger partial charge in [0.1, 0.15) is 6.61 Å². The summed E-state index contributed by atoms with van der Waals surface area (Å²) in [5.41, 5.74) is 0. The summed E-state index contributed by atoms with van der Waals surface area (Å²) in [6.45, 7) is 6.91. The lowest BCUT2D eigenvalue weighted by Crippen LogP contribution is -1.96. The summed E-state index contributed by atoms with van der Waals surface area (Å²) in [4.78, 5) is 14.2. The van der Waals surface area contributed by atoms with Crippen LogP contribution in [0.2, 0.25) is 0 Å². The fourth-order valence-electron chi connectivity index (χ4n) is 0.573. The van der Waals surface area contributed by atoms with Crippen molar-refractivity contribution >= 4 is 5.95 Å². The molecule has 5 heteroatoms. The van der Waals surface area contributed by atoms with Crippen LogP contribution < -0.4 is 0 Å². The Bertz CT molecular complexity index is 280. The smallest absolute Gasteiger partial charge is 0.374 e. The van der Waals surface area contributed by atoms with Crippen LogP contribution in [0.4, 0.5) is 5.95 Å². The predicted octanol–water partition coefficient (Wildman–Crippen LogP) is 0.569. The summed E-state index contributed by atoms with van der Waals surface area (Å²) in [5, 5.41) is 0. The van der Waals surface area contributed by atoms with Gasteiger partial charge in [0.2, 0.25) is 5.82 Å². The molecule has 56 valence electrons. The Kier molecular flexibility index (Phi) is 2.47. The number of hydrogen-bond donors (Lipinski definition) is 0. The largest absolute Gasteiger partial charge is 0.394 e. The van der Waals surface area contributed by atoms with Crippen LogP contribution in [0, 0.1) is 6.57 Å². The molecule has 0 radical (unpaired) electrons. The number of ether oxygens (including phenoxy) is 1. The third-order valence-electron chi connectivity index (χ3n) is 0.982. The van der Waals surface area contributed by atoms with Crippen molar-refractivity contribution in [2.24, 2.45) is 0 Å². The molecule has 0 aliphatic carbocycles. The van der Waals surface area contributed by atoms with E-state index in [0.29, 0.717) is 12.4 Å². The van der Waals surface area contributed by atoms with E-state index < -0.39 is 0 Å². The second-order valence-electron chi connectivity index (χ2n) is 1.75. The Morgan fingerprint density at radius 1 is 1.64 bits per heavy atom. The normalized spacial score (nSPS) is 9.09. The predicted molar refractivity (Wildman–Crippen MR) is 36.8 cm³/mol. The average molecular weight is 150 g/mol. The van der Waals surface area contributed by atoms with Crippen molar-refractivity contribution < 1.29 is 4.74 Å². The first-order valence-corrected chi connectivity index (χ1v) is 2.91. The zero-order chi connectivity index (χ0) is 8.10. The summed E-state index contributed by atoms with van der Waals surface area (Å²) in [6, 6.07) is 0. The topological polar surface area (TPSA) is 52.3 Å². The average Bonchev–Trinajstić information content (AvgIpc) is 2.06. The molecule has 0 saturated carbocycles. The van der Waals surface area contributed by atoms with Crippen LogP contribution in [0.1, 0.15) is 5.82 Å². The lowest BCUT2D eigenvalue weighted by atomic mass is 10.6. The van der Waals surface area contributed by atoms with Gasteiger partial charge in [-0.1, -0.05) is 0 Å². The van der Waals surface area contributed by atoms with Gasteiger partial charge >= 0.3 is 5.95 Å². The third kappa shape index (κ3) is 1.95. The zero-order valence-electron chi connectivity index (χ0n) is 5.98. The van der Waals surface area contributed by atoms with Gasteiger partial charge in [-0.05, 0) is 0 Å². The Morgan fingerprint density at radius 3 is 3.09 bits per heavy atom. The van der Waals surface area contributed by atoms with Crippen molar-refractivity contribution in [3.05, 3.63) is 23.6 Å². The van der Waals surface area contributed by atoms with E-state index in [1.165, 1.54) is 6.33 Å². The minimum absolute atomic E-state index is 0.104. The molecule has 0 unspecified atom stereocenters. The molecule has 0 fully saturated rings. The molecule has 0 amide bonds. The molecule has 0 spiro atoms. The van der Waals surface area contributed by atoms with Crippen LogP contribution >= 0.6 is 0 Å². The SMILES string of the molecule is [C-]#[N+]c1ncnc(COC)n1. The second-order valence-corrected chi connectivity index (χ2v) is 1.75. The van der Waals surface area contributed by atoms with Gasteiger partial charge in [0, 0.05) is 7.11 Å². The fraction of sp³-hybridized carbons (Fsp3) is 0.333. The lowest BCUT2D eigenvalue weighted by molar-refractivity contribution is 0.177. The molecule has 0 atom stereocenters. The molecule has 0 aliphatic rings. The van der Waals surface area contributed by atoms with Crippen molar-refractivity contribution in [2.75, 3.05) is 7.11 Å². The molecular formula is C6H6N4O. The molecule has 1 aromatic rings. The van der Waals surface area contributed by atoms with Crippen LogP contribution in [-0.4, -0.2) is 22.1 Å². The lowest BCUT2D eigenvalue weighted by Gasteiger charge is -1.92. The van der Waals surface area contributed by atoms with Crippen molar-refractivity contribution in [1.82, 2.24) is 15.0 Å². The highest BCUT2D eigenvalue weighted by Gasteiger charge is 2.00. The summed E-state index contributed by atoms with van der Waals surface area (Å²) in [7, 11) is 1.54. The number of nitrogens with zero attached hydrogens (tertiary/aromatic N) is 4. The van der Waals surface area contributed by atoms with Gasteiger partial charge in [0.15, 0.2) is 6.33 Å². The van der Waals surface area contributed by atoms with Crippen molar-refractivity contribution in [3.8, 4) is 0 Å². The molecule has 1 rings (SSSR count). The van der Waals surface area contributed by atoms with Gasteiger partial charge in [-0.2, -0.15) is 4.98 Å². The van der Waals surface area contributed by atoms with Gasteiger partial charge in [-0.25, -0.2) is 0 Å². The summed E-state index contributed by atoms with van der Waals surface area (Å²) < 4.78 is 4.77. The number of aromatic nitrogens is 3. The van der Waals surface area contributed by atoms with Gasteiger partial charge in [0.25, 0.3) is 0 Å². The first-order valence-electron chi connectivity index (χ1n) is 2.91. The minimum Gasteiger partial charge on any atom is -0.394 e. The Labute approximate surface area is 63.9 Å². The standard InChI is InChI=1S/C6H6N4O/c1-7-6-9-4-8-5(10-6)3-11-2/h4H,3H2,2H3.